The summed E-state index contributed by atoms with van der Waals surface area (Å²) in [6.45, 7) is 21.0. The van der Waals surface area contributed by atoms with Crippen LogP contribution < -0.4 is 0 Å². The molecular weight excluding hydrogens is 797 g/mol. The van der Waals surface area contributed by atoms with Gasteiger partial charge >= 0.3 is 0 Å². The van der Waals surface area contributed by atoms with E-state index >= 15 is 0 Å². The zero-order chi connectivity index (χ0) is 46.9. The highest BCUT2D eigenvalue weighted by Crippen LogP contribution is 2.22. The van der Waals surface area contributed by atoms with Crippen LogP contribution in [0.1, 0.15) is 291 Å². The lowest BCUT2D eigenvalue weighted by Crippen LogP contribution is -2.47. The van der Waals surface area contributed by atoms with Crippen molar-refractivity contribution in [1.29, 1.82) is 0 Å². The van der Waals surface area contributed by atoms with E-state index < -0.39 is 0 Å². The van der Waals surface area contributed by atoms with Crippen LogP contribution in [0.4, 0.5) is 0 Å². The predicted octanol–water partition coefficient (Wildman–Crippen LogP) is 16.6. The van der Waals surface area contributed by atoms with Crippen molar-refractivity contribution >= 4 is 12.2 Å². The molecule has 0 saturated carbocycles. The topological polar surface area (TPSA) is 47.1 Å². The summed E-state index contributed by atoms with van der Waals surface area (Å²) >= 11 is 0. The van der Waals surface area contributed by atoms with Gasteiger partial charge in [-0.2, -0.15) is 0 Å². The van der Waals surface area contributed by atoms with Crippen molar-refractivity contribution in [3.8, 4) is 0 Å². The Morgan fingerprint density at radius 3 is 1.12 bits per heavy atom. The molecule has 1 aliphatic rings. The van der Waals surface area contributed by atoms with Gasteiger partial charge in [0.15, 0.2) is 0 Å². The molecule has 65 heavy (non-hydrogen) atoms. The monoisotopic (exact) mass is 915 g/mol. The number of carbonyl (C=O) groups is 2. The first-order valence-electron chi connectivity index (χ1n) is 30.0. The van der Waals surface area contributed by atoms with Gasteiger partial charge in [0.25, 0.3) is 0 Å². The zero-order valence-electron chi connectivity index (χ0n) is 45.0. The van der Waals surface area contributed by atoms with Crippen LogP contribution in [0.15, 0.2) is 0 Å². The van der Waals surface area contributed by atoms with Crippen LogP contribution in [0.5, 0.6) is 0 Å². The summed E-state index contributed by atoms with van der Waals surface area (Å²) < 4.78 is 0. The molecule has 0 bridgehead atoms. The molecule has 0 aliphatic carbocycles. The van der Waals surface area contributed by atoms with Crippen molar-refractivity contribution < 1.29 is 9.59 Å². The van der Waals surface area contributed by atoms with Gasteiger partial charge in [-0.1, -0.05) is 227 Å². The molecule has 0 spiro atoms. The van der Waals surface area contributed by atoms with Crippen molar-refractivity contribution in [2.24, 2.45) is 5.92 Å². The molecule has 0 aromatic carbocycles. The standard InChI is InChI=1S/C59H118N4O2/c1-5-9-13-17-21-22-23-24-25-29-33-37-46-60(47-38-35-30-36-42-55-64)52-45-58-44-43-51-63(56-58)59(65)57-62(50-41-34-28-20-16-12-8-4)54-53-61(48-39-31-26-18-14-10-6-2)49-40-32-27-19-15-11-7-3/h55,58H,5-54,56-57H2,1-4H3. The highest BCUT2D eigenvalue weighted by atomic mass is 16.2. The van der Waals surface area contributed by atoms with Crippen LogP contribution in [-0.4, -0.2) is 104 Å². The number of hydrogen-bond acceptors (Lipinski definition) is 5. The van der Waals surface area contributed by atoms with Crippen LogP contribution in [0.3, 0.4) is 0 Å². The third-order valence-corrected chi connectivity index (χ3v) is 14.9. The molecule has 0 radical (unpaired) electrons. The second kappa shape index (κ2) is 49.4. The Kier molecular flexibility index (Phi) is 47.2. The average Bonchev–Trinajstić information content (AvgIpc) is 3.32. The molecule has 6 heteroatoms. The molecule has 1 rings (SSSR count). The maximum Gasteiger partial charge on any atom is 0.236 e. The van der Waals surface area contributed by atoms with Gasteiger partial charge in [-0.15, -0.1) is 0 Å². The Labute approximate surface area is 408 Å². The Balaban J connectivity index is 2.76. The number of piperidine rings is 1. The quantitative estimate of drug-likeness (QED) is 0.0449. The number of rotatable bonds is 52. The Morgan fingerprint density at radius 1 is 0.415 bits per heavy atom. The van der Waals surface area contributed by atoms with Crippen LogP contribution in [-0.2, 0) is 9.59 Å². The highest BCUT2D eigenvalue weighted by molar-refractivity contribution is 5.78. The Morgan fingerprint density at radius 2 is 0.738 bits per heavy atom. The molecule has 386 valence electrons. The minimum absolute atomic E-state index is 0.395. The maximum atomic E-state index is 14.2. The largest absolute Gasteiger partial charge is 0.341 e. The van der Waals surface area contributed by atoms with Gasteiger partial charge in [0.05, 0.1) is 6.54 Å². The van der Waals surface area contributed by atoms with Crippen molar-refractivity contribution in [3.63, 3.8) is 0 Å². The summed E-state index contributed by atoms with van der Waals surface area (Å²) in [7, 11) is 0. The van der Waals surface area contributed by atoms with Gasteiger partial charge < -0.3 is 19.5 Å². The maximum absolute atomic E-state index is 14.2. The van der Waals surface area contributed by atoms with E-state index in [1.807, 2.05) is 0 Å². The fraction of sp³-hybridized carbons (Fsp3) is 0.966. The van der Waals surface area contributed by atoms with E-state index in [1.54, 1.807) is 0 Å². The number of nitrogens with zero attached hydrogens (tertiary/aromatic N) is 4. The summed E-state index contributed by atoms with van der Waals surface area (Å²) in [6.07, 6.45) is 55.5. The normalized spacial score (nSPS) is 14.4. The molecule has 1 saturated heterocycles. The second-order valence-electron chi connectivity index (χ2n) is 21.2. The summed E-state index contributed by atoms with van der Waals surface area (Å²) in [5.74, 6) is 1.02. The summed E-state index contributed by atoms with van der Waals surface area (Å²) in [4.78, 5) is 35.5. The molecule has 0 aromatic heterocycles. The van der Waals surface area contributed by atoms with Gasteiger partial charge in [0.2, 0.25) is 5.91 Å². The molecule has 0 aromatic rings. The molecule has 1 unspecified atom stereocenters. The van der Waals surface area contributed by atoms with Crippen molar-refractivity contribution in [2.75, 3.05) is 72.0 Å². The van der Waals surface area contributed by atoms with E-state index in [9.17, 15) is 9.59 Å². The van der Waals surface area contributed by atoms with E-state index in [0.717, 1.165) is 51.9 Å². The van der Waals surface area contributed by atoms with Gasteiger partial charge in [0, 0.05) is 32.6 Å². The molecule has 1 amide bonds. The van der Waals surface area contributed by atoms with E-state index in [0.29, 0.717) is 24.8 Å². The fourth-order valence-electron chi connectivity index (χ4n) is 10.4. The van der Waals surface area contributed by atoms with E-state index in [2.05, 4.69) is 47.3 Å². The summed E-state index contributed by atoms with van der Waals surface area (Å²) in [5, 5.41) is 0. The molecule has 0 N–H and O–H groups in total. The first-order valence-corrected chi connectivity index (χ1v) is 30.0. The third-order valence-electron chi connectivity index (χ3n) is 14.9. The number of likely N-dealkylation sites (tertiary alicyclic amines) is 1. The lowest BCUT2D eigenvalue weighted by Gasteiger charge is -2.36. The average molecular weight is 916 g/mol. The minimum Gasteiger partial charge on any atom is -0.341 e. The summed E-state index contributed by atoms with van der Waals surface area (Å²) in [5.41, 5.74) is 0. The van der Waals surface area contributed by atoms with Crippen molar-refractivity contribution in [2.45, 2.75) is 291 Å². The number of aldehydes is 1. The minimum atomic E-state index is 0.395. The summed E-state index contributed by atoms with van der Waals surface area (Å²) in [6, 6.07) is 0. The molecule has 1 atom stereocenters. The number of unbranched alkanes of at least 4 members (excludes halogenated alkanes) is 33. The SMILES string of the molecule is CCCCCCCCCCCCCCN(CCCCCCC=O)CCC1CCCN(C(=O)CN(CCCCCCCCC)CCN(CCCCCCCCC)CCCCCCCCC)C1. The van der Waals surface area contributed by atoms with Gasteiger partial charge in [-0.3, -0.25) is 9.69 Å². The lowest BCUT2D eigenvalue weighted by molar-refractivity contribution is -0.134. The Bertz CT molecular complexity index is 960. The van der Waals surface area contributed by atoms with Gasteiger partial charge in [0.1, 0.15) is 6.29 Å². The van der Waals surface area contributed by atoms with E-state index in [1.165, 1.54) is 277 Å². The third kappa shape index (κ3) is 40.6. The van der Waals surface area contributed by atoms with Crippen LogP contribution in [0.2, 0.25) is 0 Å². The molecule has 1 heterocycles. The van der Waals surface area contributed by atoms with Crippen molar-refractivity contribution in [3.05, 3.63) is 0 Å². The number of amides is 1. The van der Waals surface area contributed by atoms with Crippen molar-refractivity contribution in [1.82, 2.24) is 19.6 Å². The zero-order valence-corrected chi connectivity index (χ0v) is 45.0. The van der Waals surface area contributed by atoms with Gasteiger partial charge in [-0.05, 0) is 103 Å². The van der Waals surface area contributed by atoms with Crippen LogP contribution in [0.25, 0.3) is 0 Å². The molecule has 1 fully saturated rings. The van der Waals surface area contributed by atoms with Crippen LogP contribution in [0, 0.1) is 5.92 Å². The van der Waals surface area contributed by atoms with E-state index in [4.69, 9.17) is 0 Å². The predicted molar refractivity (Wildman–Crippen MR) is 287 cm³/mol. The number of carbonyl (C=O) groups excluding carboxylic acids is 2. The molecular formula is C59H118N4O2. The molecule has 6 nitrogen and oxygen atoms in total. The first-order chi connectivity index (χ1) is 32.1. The lowest BCUT2D eigenvalue weighted by atomic mass is 9.94. The van der Waals surface area contributed by atoms with E-state index in [-0.39, 0.29) is 0 Å². The Hall–Kier alpha value is -0.980. The molecule has 1 aliphatic heterocycles. The fourth-order valence-corrected chi connectivity index (χ4v) is 10.4. The highest BCUT2D eigenvalue weighted by Gasteiger charge is 2.25. The second-order valence-corrected chi connectivity index (χ2v) is 21.2. The van der Waals surface area contributed by atoms with Gasteiger partial charge in [-0.25, -0.2) is 0 Å². The number of hydrogen-bond donors (Lipinski definition) is 0. The smallest absolute Gasteiger partial charge is 0.236 e. The van der Waals surface area contributed by atoms with Crippen LogP contribution >= 0.6 is 0 Å². The first kappa shape index (κ1) is 62.0.